The van der Waals surface area contributed by atoms with Gasteiger partial charge in [0.15, 0.2) is 5.82 Å². The molecule has 0 aliphatic carbocycles. The third-order valence-electron chi connectivity index (χ3n) is 2.26. The van der Waals surface area contributed by atoms with Crippen molar-refractivity contribution in [3.63, 3.8) is 0 Å². The van der Waals surface area contributed by atoms with Gasteiger partial charge < -0.3 is 9.25 Å². The zero-order valence-electron chi connectivity index (χ0n) is 8.56. The molecule has 0 unspecified atom stereocenters. The first kappa shape index (κ1) is 10.1. The summed E-state index contributed by atoms with van der Waals surface area (Å²) in [6.07, 6.45) is 1.88. The maximum atomic E-state index is 5.08. The standard InChI is InChI=1S/C9H12N4OS/c1-6-8(7(2)14-11-6)5-13-4-3-9(10-13)12-15/h3-4,15H,5H2,1-2H3,(H,10,12). The van der Waals surface area contributed by atoms with Crippen LogP contribution in [0, 0.1) is 13.8 Å². The molecule has 2 heterocycles. The van der Waals surface area contributed by atoms with Crippen molar-refractivity contribution < 1.29 is 4.52 Å². The van der Waals surface area contributed by atoms with Gasteiger partial charge in [0.2, 0.25) is 0 Å². The van der Waals surface area contributed by atoms with Gasteiger partial charge in [-0.2, -0.15) is 5.10 Å². The lowest BCUT2D eigenvalue weighted by molar-refractivity contribution is 0.391. The molecule has 0 bridgehead atoms. The quantitative estimate of drug-likeness (QED) is 0.780. The summed E-state index contributed by atoms with van der Waals surface area (Å²) in [4.78, 5) is 0. The molecule has 0 radical (unpaired) electrons. The lowest BCUT2D eigenvalue weighted by Crippen LogP contribution is -2.02. The van der Waals surface area contributed by atoms with E-state index in [9.17, 15) is 0 Å². The van der Waals surface area contributed by atoms with Gasteiger partial charge in [0, 0.05) is 17.8 Å². The molecule has 0 fully saturated rings. The van der Waals surface area contributed by atoms with Crippen molar-refractivity contribution in [2.75, 3.05) is 4.72 Å². The summed E-state index contributed by atoms with van der Waals surface area (Å²) in [7, 11) is 0. The maximum Gasteiger partial charge on any atom is 0.157 e. The molecule has 0 saturated heterocycles. The Bertz CT molecular complexity index is 443. The van der Waals surface area contributed by atoms with E-state index in [1.165, 1.54) is 0 Å². The number of nitrogens with zero attached hydrogens (tertiary/aromatic N) is 3. The van der Waals surface area contributed by atoms with Gasteiger partial charge in [-0.15, -0.1) is 0 Å². The van der Waals surface area contributed by atoms with Crippen LogP contribution < -0.4 is 4.72 Å². The first-order chi connectivity index (χ1) is 7.20. The SMILES string of the molecule is Cc1noc(C)c1Cn1ccc(NS)n1. The van der Waals surface area contributed by atoms with Crippen molar-refractivity contribution in [3.8, 4) is 0 Å². The highest BCUT2D eigenvalue weighted by atomic mass is 32.1. The molecular formula is C9H12N4OS. The second kappa shape index (κ2) is 3.98. The van der Waals surface area contributed by atoms with Crippen LogP contribution in [0.5, 0.6) is 0 Å². The summed E-state index contributed by atoms with van der Waals surface area (Å²) >= 11 is 3.92. The predicted molar refractivity (Wildman–Crippen MR) is 59.9 cm³/mol. The van der Waals surface area contributed by atoms with E-state index in [-0.39, 0.29) is 0 Å². The lowest BCUT2D eigenvalue weighted by Gasteiger charge is -2.00. The second-order valence-corrected chi connectivity index (χ2v) is 3.54. The van der Waals surface area contributed by atoms with Crippen LogP contribution in [-0.2, 0) is 6.54 Å². The molecule has 2 aromatic heterocycles. The highest BCUT2D eigenvalue weighted by Crippen LogP contribution is 2.14. The average Bonchev–Trinajstić information content (AvgIpc) is 2.80. The van der Waals surface area contributed by atoms with E-state index in [2.05, 4.69) is 27.8 Å². The van der Waals surface area contributed by atoms with Crippen molar-refractivity contribution >= 4 is 18.6 Å². The molecule has 0 aliphatic rings. The molecule has 0 amide bonds. The van der Waals surface area contributed by atoms with Crippen molar-refractivity contribution in [2.24, 2.45) is 0 Å². The Kier molecular flexibility index (Phi) is 2.68. The fourth-order valence-corrected chi connectivity index (χ4v) is 1.52. The second-order valence-electron chi connectivity index (χ2n) is 3.31. The zero-order chi connectivity index (χ0) is 10.8. The van der Waals surface area contributed by atoms with E-state index in [1.807, 2.05) is 30.8 Å². The molecule has 5 nitrogen and oxygen atoms in total. The molecule has 15 heavy (non-hydrogen) atoms. The molecule has 1 N–H and O–H groups in total. The Morgan fingerprint density at radius 1 is 1.53 bits per heavy atom. The van der Waals surface area contributed by atoms with Crippen LogP contribution in [0.1, 0.15) is 17.0 Å². The molecule has 0 atom stereocenters. The Morgan fingerprint density at radius 3 is 2.87 bits per heavy atom. The molecule has 0 spiro atoms. The topological polar surface area (TPSA) is 55.9 Å². The van der Waals surface area contributed by atoms with Crippen molar-refractivity contribution in [1.82, 2.24) is 14.9 Å². The predicted octanol–water partition coefficient (Wildman–Crippen LogP) is 1.79. The summed E-state index contributed by atoms with van der Waals surface area (Å²) in [5, 5.41) is 8.14. The molecule has 2 aromatic rings. The van der Waals surface area contributed by atoms with Crippen LogP contribution in [0.4, 0.5) is 5.82 Å². The van der Waals surface area contributed by atoms with Gasteiger partial charge in [-0.1, -0.05) is 18.0 Å². The summed E-state index contributed by atoms with van der Waals surface area (Å²) < 4.78 is 9.57. The van der Waals surface area contributed by atoms with Crippen LogP contribution in [0.3, 0.4) is 0 Å². The summed E-state index contributed by atoms with van der Waals surface area (Å²) in [6.45, 7) is 4.49. The third-order valence-corrected chi connectivity index (χ3v) is 2.49. The van der Waals surface area contributed by atoms with Gasteiger partial charge in [0.25, 0.3) is 0 Å². The average molecular weight is 224 g/mol. The number of hydrogen-bond acceptors (Lipinski definition) is 5. The van der Waals surface area contributed by atoms with Crippen LogP contribution in [0.15, 0.2) is 16.8 Å². The van der Waals surface area contributed by atoms with E-state index < -0.39 is 0 Å². The van der Waals surface area contributed by atoms with E-state index in [0.717, 1.165) is 22.8 Å². The molecule has 2 rings (SSSR count). The number of nitrogens with one attached hydrogen (secondary N) is 1. The van der Waals surface area contributed by atoms with Gasteiger partial charge in [-0.3, -0.25) is 4.68 Å². The maximum absolute atomic E-state index is 5.08. The first-order valence-corrected chi connectivity index (χ1v) is 5.00. The highest BCUT2D eigenvalue weighted by Gasteiger charge is 2.09. The van der Waals surface area contributed by atoms with Crippen LogP contribution >= 0.6 is 12.8 Å². The minimum absolute atomic E-state index is 0.663. The Labute approximate surface area is 93.0 Å². The fourth-order valence-electron chi connectivity index (χ4n) is 1.40. The van der Waals surface area contributed by atoms with E-state index >= 15 is 0 Å². The molecule has 6 heteroatoms. The summed E-state index contributed by atoms with van der Waals surface area (Å²) in [5.41, 5.74) is 1.98. The van der Waals surface area contributed by atoms with Crippen LogP contribution in [-0.4, -0.2) is 14.9 Å². The largest absolute Gasteiger partial charge is 0.361 e. The van der Waals surface area contributed by atoms with Crippen molar-refractivity contribution in [1.29, 1.82) is 0 Å². The summed E-state index contributed by atoms with van der Waals surface area (Å²) in [6, 6.07) is 1.85. The third kappa shape index (κ3) is 1.99. The monoisotopic (exact) mass is 224 g/mol. The normalized spacial score (nSPS) is 10.6. The number of thiol groups is 1. The first-order valence-electron chi connectivity index (χ1n) is 4.56. The van der Waals surface area contributed by atoms with Crippen molar-refractivity contribution in [2.45, 2.75) is 20.4 Å². The van der Waals surface area contributed by atoms with E-state index in [4.69, 9.17) is 4.52 Å². The molecule has 80 valence electrons. The fraction of sp³-hybridized carbons (Fsp3) is 0.333. The number of aryl methyl sites for hydroxylation is 2. The number of aromatic nitrogens is 3. The summed E-state index contributed by atoms with van der Waals surface area (Å²) in [5.74, 6) is 1.56. The number of hydrogen-bond donors (Lipinski definition) is 2. The Balaban J connectivity index is 2.21. The molecule has 0 aromatic carbocycles. The van der Waals surface area contributed by atoms with Crippen LogP contribution in [0.25, 0.3) is 0 Å². The van der Waals surface area contributed by atoms with Gasteiger partial charge in [-0.25, -0.2) is 0 Å². The Hall–Kier alpha value is -1.43. The van der Waals surface area contributed by atoms with Gasteiger partial charge in [-0.05, 0) is 13.8 Å². The van der Waals surface area contributed by atoms with E-state index in [0.29, 0.717) is 6.54 Å². The number of anilines is 1. The molecule has 0 saturated carbocycles. The van der Waals surface area contributed by atoms with Gasteiger partial charge >= 0.3 is 0 Å². The lowest BCUT2D eigenvalue weighted by atomic mass is 10.2. The van der Waals surface area contributed by atoms with Gasteiger partial charge in [0.05, 0.1) is 12.2 Å². The zero-order valence-corrected chi connectivity index (χ0v) is 9.45. The molecule has 0 aliphatic heterocycles. The van der Waals surface area contributed by atoms with E-state index in [1.54, 1.807) is 0 Å². The number of rotatable bonds is 3. The Morgan fingerprint density at radius 2 is 2.33 bits per heavy atom. The minimum atomic E-state index is 0.663. The minimum Gasteiger partial charge on any atom is -0.361 e. The van der Waals surface area contributed by atoms with Crippen LogP contribution in [0.2, 0.25) is 0 Å². The van der Waals surface area contributed by atoms with Gasteiger partial charge in [0.1, 0.15) is 5.76 Å². The smallest absolute Gasteiger partial charge is 0.157 e. The molecular weight excluding hydrogens is 212 g/mol. The highest BCUT2D eigenvalue weighted by molar-refractivity contribution is 7.81. The van der Waals surface area contributed by atoms with Crippen molar-refractivity contribution in [3.05, 3.63) is 29.3 Å².